The average Bonchev–Trinajstić information content (AvgIpc) is 2.31. The minimum atomic E-state index is -1.13. The van der Waals surface area contributed by atoms with Gasteiger partial charge in [-0.25, -0.2) is 4.79 Å². The van der Waals surface area contributed by atoms with Crippen LogP contribution in [0.15, 0.2) is 12.1 Å². The highest BCUT2D eigenvalue weighted by atomic mass is 35.5. The van der Waals surface area contributed by atoms with Crippen LogP contribution >= 0.6 is 11.6 Å². The summed E-state index contributed by atoms with van der Waals surface area (Å²) in [7, 11) is 1.46. The van der Waals surface area contributed by atoms with Crippen LogP contribution in [-0.2, 0) is 4.79 Å². The molecule has 0 saturated carbocycles. The number of carboxylic acid groups (broad SMARTS) is 1. The smallest absolute Gasteiger partial charge is 0.323 e. The fraction of sp³-hybridized carbons (Fsp3) is 0.273. The number of rotatable bonds is 4. The molecule has 0 aliphatic heterocycles. The lowest BCUT2D eigenvalue weighted by atomic mass is 10.2. The zero-order chi connectivity index (χ0) is 13.7. The molecule has 0 heterocycles. The molecule has 0 atom stereocenters. The Morgan fingerprint density at radius 1 is 1.44 bits per heavy atom. The third-order valence-electron chi connectivity index (χ3n) is 2.13. The zero-order valence-corrected chi connectivity index (χ0v) is 10.7. The third-order valence-corrected chi connectivity index (χ3v) is 2.54. The van der Waals surface area contributed by atoms with E-state index in [1.54, 1.807) is 13.0 Å². The highest BCUT2D eigenvalue weighted by Crippen LogP contribution is 2.30. The number of hydrogen-bond acceptors (Lipinski definition) is 3. The number of carbonyl (C=O) groups is 2. The molecule has 6 nitrogen and oxygen atoms in total. The van der Waals surface area contributed by atoms with Gasteiger partial charge < -0.3 is 20.5 Å². The lowest BCUT2D eigenvalue weighted by molar-refractivity contribution is -0.135. The van der Waals surface area contributed by atoms with Crippen molar-refractivity contribution in [3.8, 4) is 5.75 Å². The van der Waals surface area contributed by atoms with Crippen LogP contribution in [0.3, 0.4) is 0 Å². The maximum atomic E-state index is 11.4. The topological polar surface area (TPSA) is 87.7 Å². The van der Waals surface area contributed by atoms with Crippen LogP contribution in [-0.4, -0.2) is 30.8 Å². The van der Waals surface area contributed by atoms with Gasteiger partial charge in [-0.15, -0.1) is 0 Å². The molecular formula is C11H13ClN2O4. The highest BCUT2D eigenvalue weighted by Gasteiger charge is 2.10. The van der Waals surface area contributed by atoms with Crippen LogP contribution in [0.25, 0.3) is 0 Å². The Morgan fingerprint density at radius 3 is 2.67 bits per heavy atom. The van der Waals surface area contributed by atoms with E-state index in [2.05, 4.69) is 10.6 Å². The molecule has 0 spiro atoms. The summed E-state index contributed by atoms with van der Waals surface area (Å²) in [5.74, 6) is -0.679. The van der Waals surface area contributed by atoms with Crippen molar-refractivity contribution < 1.29 is 19.4 Å². The number of amides is 2. The number of anilines is 1. The van der Waals surface area contributed by atoms with Gasteiger partial charge in [0.15, 0.2) is 0 Å². The SMILES string of the molecule is COc1cc(C)c(Cl)cc1NC(=O)NCC(=O)O. The second-order valence-corrected chi connectivity index (χ2v) is 3.91. The summed E-state index contributed by atoms with van der Waals surface area (Å²) in [6.07, 6.45) is 0. The Labute approximate surface area is 109 Å². The molecule has 0 saturated heterocycles. The van der Waals surface area contributed by atoms with Crippen LogP contribution in [0, 0.1) is 6.92 Å². The summed E-state index contributed by atoms with van der Waals surface area (Å²) < 4.78 is 5.09. The first-order valence-corrected chi connectivity index (χ1v) is 5.42. The molecule has 0 aromatic heterocycles. The first-order chi connectivity index (χ1) is 8.43. The van der Waals surface area contributed by atoms with Crippen molar-refractivity contribution in [1.82, 2.24) is 5.32 Å². The number of carbonyl (C=O) groups excluding carboxylic acids is 1. The maximum Gasteiger partial charge on any atom is 0.323 e. The Bertz CT molecular complexity index is 476. The summed E-state index contributed by atoms with van der Waals surface area (Å²) in [5, 5.41) is 13.5. The molecular weight excluding hydrogens is 260 g/mol. The van der Waals surface area contributed by atoms with Gasteiger partial charge in [0.1, 0.15) is 12.3 Å². The minimum absolute atomic E-state index is 0.371. The summed E-state index contributed by atoms with van der Waals surface area (Å²) in [5.41, 5.74) is 1.18. The van der Waals surface area contributed by atoms with Gasteiger partial charge in [-0.2, -0.15) is 0 Å². The van der Waals surface area contributed by atoms with Crippen molar-refractivity contribution in [1.29, 1.82) is 0 Å². The van der Waals surface area contributed by atoms with Gasteiger partial charge in [-0.05, 0) is 24.6 Å². The van der Waals surface area contributed by atoms with E-state index in [4.69, 9.17) is 21.4 Å². The number of hydrogen-bond donors (Lipinski definition) is 3. The van der Waals surface area contributed by atoms with Gasteiger partial charge >= 0.3 is 12.0 Å². The van der Waals surface area contributed by atoms with Crippen molar-refractivity contribution in [3.05, 3.63) is 22.7 Å². The third kappa shape index (κ3) is 3.81. The molecule has 2 amide bonds. The Hall–Kier alpha value is -1.95. The van der Waals surface area contributed by atoms with Gasteiger partial charge in [0.05, 0.1) is 12.8 Å². The zero-order valence-electron chi connectivity index (χ0n) is 9.91. The van der Waals surface area contributed by atoms with E-state index < -0.39 is 18.5 Å². The standard InChI is InChI=1S/C11H13ClN2O4/c1-6-3-9(18-2)8(4-7(6)12)14-11(17)13-5-10(15)16/h3-4H,5H2,1-2H3,(H,15,16)(H2,13,14,17). The number of halogens is 1. The van der Waals surface area contributed by atoms with Crippen molar-refractivity contribution in [2.75, 3.05) is 19.0 Å². The van der Waals surface area contributed by atoms with E-state index in [1.165, 1.54) is 13.2 Å². The summed E-state index contributed by atoms with van der Waals surface area (Å²) in [6.45, 7) is 1.34. The number of carboxylic acids is 1. The number of benzene rings is 1. The van der Waals surface area contributed by atoms with Crippen LogP contribution in [0.2, 0.25) is 5.02 Å². The molecule has 7 heteroatoms. The summed E-state index contributed by atoms with van der Waals surface area (Å²) in [4.78, 5) is 21.7. The highest BCUT2D eigenvalue weighted by molar-refractivity contribution is 6.31. The first-order valence-electron chi connectivity index (χ1n) is 5.05. The number of ether oxygens (including phenoxy) is 1. The summed E-state index contributed by atoms with van der Waals surface area (Å²) in [6, 6.07) is 2.57. The monoisotopic (exact) mass is 272 g/mol. The van der Waals surface area contributed by atoms with E-state index in [1.807, 2.05) is 0 Å². The quantitative estimate of drug-likeness (QED) is 0.781. The van der Waals surface area contributed by atoms with E-state index in [9.17, 15) is 9.59 Å². The van der Waals surface area contributed by atoms with Gasteiger partial charge in [0, 0.05) is 5.02 Å². The second-order valence-electron chi connectivity index (χ2n) is 3.50. The van der Waals surface area contributed by atoms with Crippen molar-refractivity contribution >= 4 is 29.3 Å². The van der Waals surface area contributed by atoms with Crippen LogP contribution in [0.5, 0.6) is 5.75 Å². The molecule has 0 bridgehead atoms. The molecule has 0 aliphatic carbocycles. The fourth-order valence-electron chi connectivity index (χ4n) is 1.24. The largest absolute Gasteiger partial charge is 0.495 e. The second kappa shape index (κ2) is 6.11. The molecule has 1 rings (SSSR count). The minimum Gasteiger partial charge on any atom is -0.495 e. The number of aliphatic carboxylic acids is 1. The van der Waals surface area contributed by atoms with Gasteiger partial charge in [-0.3, -0.25) is 4.79 Å². The van der Waals surface area contributed by atoms with E-state index in [0.717, 1.165) is 5.56 Å². The number of aryl methyl sites for hydroxylation is 1. The first kappa shape index (κ1) is 14.1. The van der Waals surface area contributed by atoms with E-state index >= 15 is 0 Å². The van der Waals surface area contributed by atoms with Crippen molar-refractivity contribution in [2.24, 2.45) is 0 Å². The Balaban J connectivity index is 2.80. The van der Waals surface area contributed by atoms with Crippen LogP contribution in [0.1, 0.15) is 5.56 Å². The Kier molecular flexibility index (Phi) is 4.79. The van der Waals surface area contributed by atoms with Gasteiger partial charge in [0.25, 0.3) is 0 Å². The molecule has 0 radical (unpaired) electrons. The lowest BCUT2D eigenvalue weighted by Crippen LogP contribution is -2.33. The molecule has 0 unspecified atom stereocenters. The van der Waals surface area contributed by atoms with Gasteiger partial charge in [-0.1, -0.05) is 11.6 Å². The molecule has 3 N–H and O–H groups in total. The fourth-order valence-corrected chi connectivity index (χ4v) is 1.41. The number of methoxy groups -OCH3 is 1. The maximum absolute atomic E-state index is 11.4. The molecule has 1 aromatic rings. The Morgan fingerprint density at radius 2 is 2.11 bits per heavy atom. The van der Waals surface area contributed by atoms with Crippen molar-refractivity contribution in [2.45, 2.75) is 6.92 Å². The van der Waals surface area contributed by atoms with Crippen LogP contribution in [0.4, 0.5) is 10.5 Å². The molecule has 98 valence electrons. The predicted molar refractivity (Wildman–Crippen MR) is 67.4 cm³/mol. The molecule has 18 heavy (non-hydrogen) atoms. The predicted octanol–water partition coefficient (Wildman–Crippen LogP) is 1.86. The average molecular weight is 273 g/mol. The van der Waals surface area contributed by atoms with E-state index in [-0.39, 0.29) is 0 Å². The molecule has 1 aromatic carbocycles. The van der Waals surface area contributed by atoms with Gasteiger partial charge in [0.2, 0.25) is 0 Å². The van der Waals surface area contributed by atoms with Crippen molar-refractivity contribution in [3.63, 3.8) is 0 Å². The number of urea groups is 1. The van der Waals surface area contributed by atoms with Crippen LogP contribution < -0.4 is 15.4 Å². The molecule has 0 aliphatic rings. The molecule has 0 fully saturated rings. The number of nitrogens with one attached hydrogen (secondary N) is 2. The lowest BCUT2D eigenvalue weighted by Gasteiger charge is -2.12. The summed E-state index contributed by atoms with van der Waals surface area (Å²) >= 11 is 5.93. The normalized spacial score (nSPS) is 9.72. The van der Waals surface area contributed by atoms with E-state index in [0.29, 0.717) is 16.5 Å².